The first kappa shape index (κ1) is 9.49. The van der Waals surface area contributed by atoms with E-state index in [0.717, 1.165) is 5.56 Å². The van der Waals surface area contributed by atoms with E-state index >= 15 is 0 Å². The minimum Gasteiger partial charge on any atom is -0.307 e. The maximum absolute atomic E-state index is 8.77. The molecule has 4 heteroatoms. The van der Waals surface area contributed by atoms with Crippen LogP contribution in [0.15, 0.2) is 12.3 Å². The summed E-state index contributed by atoms with van der Waals surface area (Å²) in [7, 11) is 0. The van der Waals surface area contributed by atoms with E-state index in [1.807, 2.05) is 19.9 Å². The predicted octanol–water partition coefficient (Wildman–Crippen LogP) is 1.36. The van der Waals surface area contributed by atoms with Crippen molar-refractivity contribution in [1.82, 2.24) is 4.98 Å². The topological polar surface area (TPSA) is 74.7 Å². The molecule has 0 amide bonds. The van der Waals surface area contributed by atoms with Crippen LogP contribution in [0.1, 0.15) is 30.9 Å². The number of aromatic nitrogens is 1. The van der Waals surface area contributed by atoms with Crippen molar-refractivity contribution >= 4 is 5.82 Å². The molecule has 1 heterocycles. The minimum absolute atomic E-state index is 0.367. The molecule has 1 aromatic heterocycles. The number of nitrogens with zero attached hydrogens (tertiary/aromatic N) is 2. The maximum Gasteiger partial charge on any atom is 0.157 e. The van der Waals surface area contributed by atoms with E-state index in [4.69, 9.17) is 11.1 Å². The van der Waals surface area contributed by atoms with Crippen LogP contribution in [0.4, 0.5) is 5.82 Å². The number of hydrazine groups is 1. The number of anilines is 1. The van der Waals surface area contributed by atoms with Crippen LogP contribution in [0.2, 0.25) is 0 Å². The summed E-state index contributed by atoms with van der Waals surface area (Å²) in [5.41, 5.74) is 3.90. The highest BCUT2D eigenvalue weighted by molar-refractivity contribution is 5.52. The number of nitrogens with one attached hydrogen (secondary N) is 1. The zero-order valence-electron chi connectivity index (χ0n) is 7.70. The van der Waals surface area contributed by atoms with Crippen molar-refractivity contribution in [3.05, 3.63) is 23.4 Å². The Bertz CT molecular complexity index is 338. The Morgan fingerprint density at radius 3 is 2.77 bits per heavy atom. The van der Waals surface area contributed by atoms with E-state index in [2.05, 4.69) is 10.4 Å². The van der Waals surface area contributed by atoms with Gasteiger partial charge in [0.25, 0.3) is 0 Å². The van der Waals surface area contributed by atoms with Gasteiger partial charge in [-0.3, -0.25) is 0 Å². The van der Waals surface area contributed by atoms with Crippen LogP contribution in [0.5, 0.6) is 0 Å². The molecule has 3 N–H and O–H groups in total. The predicted molar refractivity (Wildman–Crippen MR) is 50.9 cm³/mol. The van der Waals surface area contributed by atoms with Crippen molar-refractivity contribution in [1.29, 1.82) is 5.26 Å². The van der Waals surface area contributed by atoms with E-state index in [1.54, 1.807) is 12.3 Å². The lowest BCUT2D eigenvalue weighted by molar-refractivity contribution is 0.857. The summed E-state index contributed by atoms with van der Waals surface area (Å²) in [6, 6.07) is 3.84. The standard InChI is InChI=1S/C9H12N4/c1-6(2)8-3-7(4-10)9(13-11)12-5-8/h3,5-6H,11H2,1-2H3,(H,12,13). The third-order valence-electron chi connectivity index (χ3n) is 1.83. The molecule has 0 spiro atoms. The zero-order valence-corrected chi connectivity index (χ0v) is 7.70. The van der Waals surface area contributed by atoms with Gasteiger partial charge >= 0.3 is 0 Å². The largest absolute Gasteiger partial charge is 0.307 e. The van der Waals surface area contributed by atoms with Crippen LogP contribution in [0, 0.1) is 11.3 Å². The van der Waals surface area contributed by atoms with Crippen molar-refractivity contribution in [3.8, 4) is 6.07 Å². The third-order valence-corrected chi connectivity index (χ3v) is 1.83. The van der Waals surface area contributed by atoms with Gasteiger partial charge in [0, 0.05) is 6.20 Å². The van der Waals surface area contributed by atoms with Gasteiger partial charge in [-0.2, -0.15) is 5.26 Å². The van der Waals surface area contributed by atoms with E-state index in [-0.39, 0.29) is 0 Å². The van der Waals surface area contributed by atoms with Gasteiger partial charge in [0.2, 0.25) is 0 Å². The van der Waals surface area contributed by atoms with Crippen molar-refractivity contribution in [3.63, 3.8) is 0 Å². The Morgan fingerprint density at radius 2 is 2.31 bits per heavy atom. The molecule has 0 bridgehead atoms. The fraction of sp³-hybridized carbons (Fsp3) is 0.333. The van der Waals surface area contributed by atoms with Crippen LogP contribution >= 0.6 is 0 Å². The summed E-state index contributed by atoms with van der Waals surface area (Å²) < 4.78 is 0. The first-order valence-electron chi connectivity index (χ1n) is 4.05. The number of nitriles is 1. The molecular weight excluding hydrogens is 164 g/mol. The number of nitrogens with two attached hydrogens (primary N) is 1. The lowest BCUT2D eigenvalue weighted by Crippen LogP contribution is -2.10. The second-order valence-corrected chi connectivity index (χ2v) is 3.08. The maximum atomic E-state index is 8.77. The average Bonchev–Trinajstić information content (AvgIpc) is 2.16. The molecule has 0 aliphatic rings. The van der Waals surface area contributed by atoms with Gasteiger partial charge in [0.05, 0.1) is 5.56 Å². The van der Waals surface area contributed by atoms with E-state index in [1.165, 1.54) is 0 Å². The van der Waals surface area contributed by atoms with Gasteiger partial charge in [0.15, 0.2) is 5.82 Å². The fourth-order valence-electron chi connectivity index (χ4n) is 0.997. The molecule has 13 heavy (non-hydrogen) atoms. The Balaban J connectivity index is 3.15. The van der Waals surface area contributed by atoms with Crippen LogP contribution in [-0.2, 0) is 0 Å². The van der Waals surface area contributed by atoms with Gasteiger partial charge in [0.1, 0.15) is 6.07 Å². The first-order valence-corrected chi connectivity index (χ1v) is 4.05. The minimum atomic E-state index is 0.367. The van der Waals surface area contributed by atoms with Gasteiger partial charge in [-0.15, -0.1) is 0 Å². The van der Waals surface area contributed by atoms with Crippen LogP contribution in [0.3, 0.4) is 0 Å². The number of hydrogen-bond donors (Lipinski definition) is 2. The zero-order chi connectivity index (χ0) is 9.84. The third kappa shape index (κ3) is 1.95. The summed E-state index contributed by atoms with van der Waals surface area (Å²) in [6.07, 6.45) is 1.72. The summed E-state index contributed by atoms with van der Waals surface area (Å²) in [5, 5.41) is 8.77. The second-order valence-electron chi connectivity index (χ2n) is 3.08. The van der Waals surface area contributed by atoms with Crippen LogP contribution < -0.4 is 11.3 Å². The van der Waals surface area contributed by atoms with Gasteiger partial charge in [-0.1, -0.05) is 13.8 Å². The highest BCUT2D eigenvalue weighted by atomic mass is 15.2. The summed E-state index contributed by atoms with van der Waals surface area (Å²) in [4.78, 5) is 4.03. The van der Waals surface area contributed by atoms with Crippen molar-refractivity contribution in [2.24, 2.45) is 5.84 Å². The van der Waals surface area contributed by atoms with E-state index < -0.39 is 0 Å². The molecule has 0 atom stereocenters. The van der Waals surface area contributed by atoms with Crippen LogP contribution in [-0.4, -0.2) is 4.98 Å². The Labute approximate surface area is 77.4 Å². The SMILES string of the molecule is CC(C)c1cnc(NN)c(C#N)c1. The van der Waals surface area contributed by atoms with Crippen molar-refractivity contribution < 1.29 is 0 Å². The highest BCUT2D eigenvalue weighted by Crippen LogP contribution is 2.18. The molecule has 0 aromatic carbocycles. The number of nitrogen functional groups attached to an aromatic ring is 1. The molecule has 0 aliphatic heterocycles. The molecule has 0 saturated heterocycles. The van der Waals surface area contributed by atoms with E-state index in [9.17, 15) is 0 Å². The molecule has 4 nitrogen and oxygen atoms in total. The molecule has 0 fully saturated rings. The molecule has 0 radical (unpaired) electrons. The molecule has 1 aromatic rings. The molecule has 0 saturated carbocycles. The number of pyridine rings is 1. The lowest BCUT2D eigenvalue weighted by Gasteiger charge is -2.07. The first-order chi connectivity index (χ1) is 6.19. The molecule has 68 valence electrons. The van der Waals surface area contributed by atoms with Crippen molar-refractivity contribution in [2.75, 3.05) is 5.43 Å². The summed E-state index contributed by atoms with van der Waals surface area (Å²) in [6.45, 7) is 4.10. The normalized spacial score (nSPS) is 9.77. The van der Waals surface area contributed by atoms with E-state index in [0.29, 0.717) is 17.3 Å². The summed E-state index contributed by atoms with van der Waals surface area (Å²) >= 11 is 0. The molecule has 0 unspecified atom stereocenters. The van der Waals surface area contributed by atoms with Gasteiger partial charge in [-0.25, -0.2) is 10.8 Å². The quantitative estimate of drug-likeness (QED) is 0.527. The average molecular weight is 176 g/mol. The number of rotatable bonds is 2. The van der Waals surface area contributed by atoms with Crippen molar-refractivity contribution in [2.45, 2.75) is 19.8 Å². The Hall–Kier alpha value is -1.60. The molecule has 0 aliphatic carbocycles. The smallest absolute Gasteiger partial charge is 0.157 e. The van der Waals surface area contributed by atoms with Gasteiger partial charge < -0.3 is 5.43 Å². The molecular formula is C9H12N4. The fourth-order valence-corrected chi connectivity index (χ4v) is 0.997. The Kier molecular flexibility index (Phi) is 2.83. The number of hydrogen-bond acceptors (Lipinski definition) is 4. The Morgan fingerprint density at radius 1 is 1.62 bits per heavy atom. The molecule has 1 rings (SSSR count). The van der Waals surface area contributed by atoms with Gasteiger partial charge in [-0.05, 0) is 17.5 Å². The highest BCUT2D eigenvalue weighted by Gasteiger charge is 2.05. The second kappa shape index (κ2) is 3.87. The summed E-state index contributed by atoms with van der Waals surface area (Å²) in [5.74, 6) is 5.98. The monoisotopic (exact) mass is 176 g/mol. The lowest BCUT2D eigenvalue weighted by atomic mass is 10.0. The van der Waals surface area contributed by atoms with Crippen LogP contribution in [0.25, 0.3) is 0 Å².